The molecule has 2 aromatic heterocycles. The molecule has 0 aliphatic rings. The van der Waals surface area contributed by atoms with Gasteiger partial charge >= 0.3 is 0 Å². The minimum Gasteiger partial charge on any atom is -0.495 e. The Kier molecular flexibility index (Phi) is 5.85. The number of methoxy groups -OCH3 is 1. The van der Waals surface area contributed by atoms with Crippen molar-refractivity contribution in [2.45, 2.75) is 12.7 Å². The third kappa shape index (κ3) is 4.20. The molecule has 1 N–H and O–H groups in total. The van der Waals surface area contributed by atoms with Crippen LogP contribution in [-0.4, -0.2) is 28.2 Å². The van der Waals surface area contributed by atoms with Crippen LogP contribution in [0.3, 0.4) is 0 Å². The molecule has 0 spiro atoms. The fraction of sp³-hybridized carbons (Fsp3) is 0.235. The molecule has 3 rings (SSSR count). The van der Waals surface area contributed by atoms with Gasteiger partial charge in [0.05, 0.1) is 24.2 Å². The minimum atomic E-state index is -0.163. The monoisotopic (exact) mass is 409 g/mol. The summed E-state index contributed by atoms with van der Waals surface area (Å²) in [6, 6.07) is 4.94. The van der Waals surface area contributed by atoms with Crippen molar-refractivity contribution in [1.29, 1.82) is 0 Å². The average Bonchev–Trinajstić information content (AvgIpc) is 3.07. The number of aromatic nitrogens is 2. The van der Waals surface area contributed by atoms with Gasteiger partial charge in [-0.15, -0.1) is 23.1 Å². The third-order valence-corrected chi connectivity index (χ3v) is 5.72. The molecule has 136 valence electrons. The van der Waals surface area contributed by atoms with Crippen LogP contribution < -0.4 is 15.6 Å². The van der Waals surface area contributed by atoms with Crippen LogP contribution in [0, 0.1) is 6.92 Å². The zero-order valence-electron chi connectivity index (χ0n) is 14.1. The van der Waals surface area contributed by atoms with Crippen LogP contribution in [-0.2, 0) is 10.5 Å². The smallest absolute Gasteiger partial charge is 0.258 e. The number of nitrogens with zero attached hydrogens (tertiary/aromatic N) is 2. The summed E-state index contributed by atoms with van der Waals surface area (Å²) in [5.74, 6) is 1.06. The summed E-state index contributed by atoms with van der Waals surface area (Å²) in [5, 5.41) is 5.22. The van der Waals surface area contributed by atoms with E-state index in [1.165, 1.54) is 40.7 Å². The largest absolute Gasteiger partial charge is 0.495 e. The quantitative estimate of drug-likeness (QED) is 0.673. The first-order valence-electron chi connectivity index (χ1n) is 7.65. The number of carbonyl (C=O) groups is 1. The van der Waals surface area contributed by atoms with Crippen LogP contribution in [0.2, 0.25) is 5.02 Å². The molecule has 3 aromatic rings. The molecule has 0 saturated carbocycles. The van der Waals surface area contributed by atoms with E-state index >= 15 is 0 Å². The van der Waals surface area contributed by atoms with Gasteiger partial charge in [0, 0.05) is 34.5 Å². The number of hydrogen-bond acceptors (Lipinski definition) is 6. The Balaban J connectivity index is 1.60. The second kappa shape index (κ2) is 8.11. The maximum absolute atomic E-state index is 12.2. The highest BCUT2D eigenvalue weighted by Gasteiger charge is 2.11. The number of anilines is 1. The fourth-order valence-electron chi connectivity index (χ4n) is 2.33. The number of ether oxygens (including phenoxy) is 1. The first-order valence-corrected chi connectivity index (χ1v) is 10.1. The number of amides is 1. The van der Waals surface area contributed by atoms with Gasteiger partial charge in [0.2, 0.25) is 5.91 Å². The van der Waals surface area contributed by atoms with Crippen LogP contribution in [0.15, 0.2) is 34.6 Å². The van der Waals surface area contributed by atoms with Gasteiger partial charge in [-0.05, 0) is 18.6 Å². The molecule has 0 aliphatic heterocycles. The number of thioether (sulfide) groups is 1. The number of benzene rings is 1. The highest BCUT2D eigenvalue weighted by atomic mass is 35.5. The lowest BCUT2D eigenvalue weighted by Gasteiger charge is -2.12. The molecule has 26 heavy (non-hydrogen) atoms. The van der Waals surface area contributed by atoms with Crippen molar-refractivity contribution in [3.8, 4) is 5.75 Å². The molecule has 0 bridgehead atoms. The summed E-state index contributed by atoms with van der Waals surface area (Å²) in [6.45, 7) is 1.86. The van der Waals surface area contributed by atoms with E-state index in [9.17, 15) is 9.59 Å². The van der Waals surface area contributed by atoms with E-state index < -0.39 is 0 Å². The van der Waals surface area contributed by atoms with E-state index in [0.29, 0.717) is 32.9 Å². The molecule has 6 nitrogen and oxygen atoms in total. The Morgan fingerprint density at radius 1 is 1.42 bits per heavy atom. The van der Waals surface area contributed by atoms with Crippen LogP contribution in [0.25, 0.3) is 4.96 Å². The molecule has 1 aromatic carbocycles. The Labute approximate surface area is 163 Å². The summed E-state index contributed by atoms with van der Waals surface area (Å²) in [5.41, 5.74) is 1.98. The first-order chi connectivity index (χ1) is 12.5. The van der Waals surface area contributed by atoms with Gasteiger partial charge in [-0.1, -0.05) is 11.6 Å². The number of nitrogens with one attached hydrogen (secondary N) is 1. The van der Waals surface area contributed by atoms with Crippen LogP contribution in [0.5, 0.6) is 5.75 Å². The lowest BCUT2D eigenvalue weighted by Crippen LogP contribution is -2.16. The number of rotatable bonds is 6. The van der Waals surface area contributed by atoms with Gasteiger partial charge in [-0.2, -0.15) is 0 Å². The number of hydrogen-bond donors (Lipinski definition) is 1. The first kappa shape index (κ1) is 18.8. The average molecular weight is 410 g/mol. The van der Waals surface area contributed by atoms with E-state index in [-0.39, 0.29) is 17.2 Å². The Hall–Kier alpha value is -2.03. The molecular formula is C17H16ClN3O3S2. The molecule has 0 radical (unpaired) electrons. The van der Waals surface area contributed by atoms with Crippen molar-refractivity contribution in [2.24, 2.45) is 0 Å². The van der Waals surface area contributed by atoms with Crippen molar-refractivity contribution < 1.29 is 9.53 Å². The highest BCUT2D eigenvalue weighted by Crippen LogP contribution is 2.31. The Morgan fingerprint density at radius 2 is 2.23 bits per heavy atom. The summed E-state index contributed by atoms with van der Waals surface area (Å²) in [4.78, 5) is 29.2. The van der Waals surface area contributed by atoms with E-state index in [0.717, 1.165) is 5.56 Å². The minimum absolute atomic E-state index is 0.113. The summed E-state index contributed by atoms with van der Waals surface area (Å²) in [6.07, 6.45) is 1.70. The number of aryl methyl sites for hydroxylation is 1. The standard InChI is InChI=1S/C17H16ClN3O3S2/c1-10-5-13(14(24-2)7-12(10)18)20-15(22)9-25-8-11-6-16(23)21-3-4-26-17(21)19-11/h3-7H,8-9H2,1-2H3,(H,20,22). The van der Waals surface area contributed by atoms with Crippen molar-refractivity contribution in [3.05, 3.63) is 56.4 Å². The highest BCUT2D eigenvalue weighted by molar-refractivity contribution is 7.99. The van der Waals surface area contributed by atoms with E-state index in [1.807, 2.05) is 12.3 Å². The van der Waals surface area contributed by atoms with Crippen LogP contribution in [0.4, 0.5) is 5.69 Å². The van der Waals surface area contributed by atoms with Crippen molar-refractivity contribution in [1.82, 2.24) is 9.38 Å². The van der Waals surface area contributed by atoms with Crippen molar-refractivity contribution in [2.75, 3.05) is 18.2 Å². The van der Waals surface area contributed by atoms with E-state index in [1.54, 1.807) is 18.3 Å². The second-order valence-electron chi connectivity index (χ2n) is 5.48. The third-order valence-electron chi connectivity index (χ3n) is 3.59. The predicted molar refractivity (Wildman–Crippen MR) is 107 cm³/mol. The van der Waals surface area contributed by atoms with Crippen molar-refractivity contribution >= 4 is 51.3 Å². The molecule has 1 amide bonds. The molecule has 2 heterocycles. The Bertz CT molecular complexity index is 1020. The number of fused-ring (bicyclic) bond motifs is 1. The van der Waals surface area contributed by atoms with Gasteiger partial charge in [0.25, 0.3) is 5.56 Å². The number of carbonyl (C=O) groups excluding carboxylic acids is 1. The van der Waals surface area contributed by atoms with Crippen LogP contribution in [0.1, 0.15) is 11.3 Å². The maximum Gasteiger partial charge on any atom is 0.258 e. The van der Waals surface area contributed by atoms with Gasteiger partial charge in [-0.3, -0.25) is 14.0 Å². The Morgan fingerprint density at radius 3 is 3.00 bits per heavy atom. The zero-order chi connectivity index (χ0) is 18.7. The molecule has 9 heteroatoms. The zero-order valence-corrected chi connectivity index (χ0v) is 16.5. The molecule has 0 atom stereocenters. The van der Waals surface area contributed by atoms with E-state index in [4.69, 9.17) is 16.3 Å². The maximum atomic E-state index is 12.2. The summed E-state index contributed by atoms with van der Waals surface area (Å²) < 4.78 is 6.75. The van der Waals surface area contributed by atoms with Crippen molar-refractivity contribution in [3.63, 3.8) is 0 Å². The van der Waals surface area contributed by atoms with Gasteiger partial charge in [0.15, 0.2) is 4.96 Å². The topological polar surface area (TPSA) is 72.7 Å². The molecular weight excluding hydrogens is 394 g/mol. The predicted octanol–water partition coefficient (Wildman–Crippen LogP) is 3.60. The second-order valence-corrected chi connectivity index (χ2v) is 7.75. The normalized spacial score (nSPS) is 10.9. The fourth-order valence-corrected chi connectivity index (χ4v) is 3.94. The molecule has 0 saturated heterocycles. The van der Waals surface area contributed by atoms with Gasteiger partial charge in [-0.25, -0.2) is 4.98 Å². The number of thiazole rings is 1. The lowest BCUT2D eigenvalue weighted by molar-refractivity contribution is -0.113. The summed E-state index contributed by atoms with van der Waals surface area (Å²) >= 11 is 8.86. The SMILES string of the molecule is COc1cc(Cl)c(C)cc1NC(=O)CSCc1cc(=O)n2ccsc2n1. The van der Waals surface area contributed by atoms with E-state index in [2.05, 4.69) is 10.3 Å². The van der Waals surface area contributed by atoms with Gasteiger partial charge in [0.1, 0.15) is 5.75 Å². The molecule has 0 aliphatic carbocycles. The molecule has 0 unspecified atom stereocenters. The summed E-state index contributed by atoms with van der Waals surface area (Å²) in [7, 11) is 1.52. The lowest BCUT2D eigenvalue weighted by atomic mass is 10.2. The number of halogens is 1. The van der Waals surface area contributed by atoms with Gasteiger partial charge < -0.3 is 10.1 Å². The van der Waals surface area contributed by atoms with Crippen LogP contribution >= 0.6 is 34.7 Å². The molecule has 0 fully saturated rings.